The quantitative estimate of drug-likeness (QED) is 0.870. The highest BCUT2D eigenvalue weighted by atomic mass is 35.5. The summed E-state index contributed by atoms with van der Waals surface area (Å²) in [6.07, 6.45) is 4.00. The Morgan fingerprint density at radius 2 is 1.93 bits per heavy atom. The lowest BCUT2D eigenvalue weighted by Crippen LogP contribution is -2.49. The largest absolute Gasteiger partial charge is 0.376 e. The number of aromatic nitrogens is 1. The molecule has 2 aliphatic heterocycles. The molecular weight excluding hydrogens is 366 g/mol. The number of ether oxygens (including phenoxy) is 1. The highest BCUT2D eigenvalue weighted by Gasteiger charge is 2.34. The van der Waals surface area contributed by atoms with Crippen LogP contribution < -0.4 is 5.73 Å². The molecule has 2 atom stereocenters. The second-order valence-electron chi connectivity index (χ2n) is 7.35. The zero-order valence-electron chi connectivity index (χ0n) is 15.1. The predicted molar refractivity (Wildman–Crippen MR) is 103 cm³/mol. The van der Waals surface area contributed by atoms with Gasteiger partial charge in [-0.05, 0) is 55.9 Å². The number of piperidine rings is 1. The van der Waals surface area contributed by atoms with E-state index in [-0.39, 0.29) is 18.1 Å². The highest BCUT2D eigenvalue weighted by molar-refractivity contribution is 6.30. The van der Waals surface area contributed by atoms with Crippen molar-refractivity contribution >= 4 is 17.5 Å². The van der Waals surface area contributed by atoms with E-state index in [1.807, 2.05) is 17.0 Å². The lowest BCUT2D eigenvalue weighted by Gasteiger charge is -2.39. The number of benzene rings is 1. The topological polar surface area (TPSA) is 81.6 Å². The fourth-order valence-corrected chi connectivity index (χ4v) is 4.16. The van der Waals surface area contributed by atoms with E-state index in [0.29, 0.717) is 35.5 Å². The van der Waals surface area contributed by atoms with E-state index in [0.717, 1.165) is 37.9 Å². The molecule has 3 heterocycles. The molecule has 0 aliphatic carbocycles. The van der Waals surface area contributed by atoms with Crippen LogP contribution in [0.1, 0.15) is 36.2 Å². The Morgan fingerprint density at radius 3 is 2.63 bits per heavy atom. The van der Waals surface area contributed by atoms with E-state index in [2.05, 4.69) is 5.16 Å². The molecule has 0 saturated carbocycles. The number of carbonyl (C=O) groups is 1. The summed E-state index contributed by atoms with van der Waals surface area (Å²) in [4.78, 5) is 14.6. The maximum Gasteiger partial charge on any atom is 0.276 e. The molecule has 1 amide bonds. The van der Waals surface area contributed by atoms with Gasteiger partial charge in [0.05, 0.1) is 6.10 Å². The van der Waals surface area contributed by atoms with Gasteiger partial charge in [0.1, 0.15) is 0 Å². The van der Waals surface area contributed by atoms with Crippen LogP contribution >= 0.6 is 11.6 Å². The Balaban J connectivity index is 1.37. The summed E-state index contributed by atoms with van der Waals surface area (Å²) < 4.78 is 11.3. The molecule has 2 saturated heterocycles. The van der Waals surface area contributed by atoms with E-state index < -0.39 is 0 Å². The highest BCUT2D eigenvalue weighted by Crippen LogP contribution is 2.29. The minimum atomic E-state index is -0.0914. The number of rotatable bonds is 3. The second-order valence-corrected chi connectivity index (χ2v) is 7.79. The molecule has 2 aromatic rings. The first kappa shape index (κ1) is 18.5. The summed E-state index contributed by atoms with van der Waals surface area (Å²) in [7, 11) is 0. The van der Waals surface area contributed by atoms with Crippen molar-refractivity contribution in [1.29, 1.82) is 0 Å². The molecule has 7 heteroatoms. The Labute approximate surface area is 163 Å². The molecule has 0 bridgehead atoms. The van der Waals surface area contributed by atoms with E-state index in [4.69, 9.17) is 26.6 Å². The van der Waals surface area contributed by atoms with Crippen molar-refractivity contribution in [2.24, 2.45) is 11.7 Å². The lowest BCUT2D eigenvalue weighted by atomic mass is 9.85. The van der Waals surface area contributed by atoms with Crippen molar-refractivity contribution in [1.82, 2.24) is 10.1 Å². The molecule has 1 aromatic heterocycles. The zero-order valence-corrected chi connectivity index (χ0v) is 15.9. The molecule has 2 fully saturated rings. The molecular formula is C20H24ClN3O3. The standard InChI is InChI=1S/C20H24ClN3O3/c21-15-5-3-13(4-6-15)18-12-17(23-27-18)20(25)24-9-7-14(8-10-24)19-16(22)2-1-11-26-19/h3-6,12,14,16,19H,1-2,7-11,22H2. The number of halogens is 1. The molecule has 4 rings (SSSR count). The predicted octanol–water partition coefficient (Wildman–Crippen LogP) is 3.35. The normalized spacial score (nSPS) is 24.1. The van der Waals surface area contributed by atoms with Crippen molar-refractivity contribution in [2.45, 2.75) is 37.8 Å². The fraction of sp³-hybridized carbons (Fsp3) is 0.500. The van der Waals surface area contributed by atoms with E-state index >= 15 is 0 Å². The third-order valence-electron chi connectivity index (χ3n) is 5.56. The number of nitrogens with two attached hydrogens (primary N) is 1. The van der Waals surface area contributed by atoms with Gasteiger partial charge in [-0.15, -0.1) is 0 Å². The molecule has 6 nitrogen and oxygen atoms in total. The minimum absolute atomic E-state index is 0.0914. The summed E-state index contributed by atoms with van der Waals surface area (Å²) in [6.45, 7) is 2.18. The summed E-state index contributed by atoms with van der Waals surface area (Å²) in [6, 6.07) is 9.06. The van der Waals surface area contributed by atoms with Crippen LogP contribution in [0, 0.1) is 5.92 Å². The van der Waals surface area contributed by atoms with Crippen LogP contribution in [0.2, 0.25) is 5.02 Å². The molecule has 0 radical (unpaired) electrons. The Bertz CT molecular complexity index is 784. The third-order valence-corrected chi connectivity index (χ3v) is 5.82. The van der Waals surface area contributed by atoms with Gasteiger partial charge in [-0.3, -0.25) is 4.79 Å². The lowest BCUT2D eigenvalue weighted by molar-refractivity contribution is -0.0480. The Kier molecular flexibility index (Phi) is 5.48. The fourth-order valence-electron chi connectivity index (χ4n) is 4.03. The third kappa shape index (κ3) is 4.03. The summed E-state index contributed by atoms with van der Waals surface area (Å²) >= 11 is 5.91. The first-order valence-electron chi connectivity index (χ1n) is 9.51. The van der Waals surface area contributed by atoms with Crippen LogP contribution in [0.4, 0.5) is 0 Å². The van der Waals surface area contributed by atoms with Crippen molar-refractivity contribution in [3.8, 4) is 11.3 Å². The van der Waals surface area contributed by atoms with Crippen LogP contribution in [0.5, 0.6) is 0 Å². The van der Waals surface area contributed by atoms with Gasteiger partial charge in [0.2, 0.25) is 0 Å². The van der Waals surface area contributed by atoms with Crippen LogP contribution in [0.25, 0.3) is 11.3 Å². The van der Waals surface area contributed by atoms with Crippen LogP contribution in [0.3, 0.4) is 0 Å². The van der Waals surface area contributed by atoms with E-state index in [9.17, 15) is 4.79 Å². The number of hydrogen-bond acceptors (Lipinski definition) is 5. The van der Waals surface area contributed by atoms with Gasteiger partial charge in [-0.1, -0.05) is 16.8 Å². The monoisotopic (exact) mass is 389 g/mol. The van der Waals surface area contributed by atoms with Gasteiger partial charge in [0.25, 0.3) is 5.91 Å². The zero-order chi connectivity index (χ0) is 18.8. The van der Waals surface area contributed by atoms with E-state index in [1.165, 1.54) is 0 Å². The maximum atomic E-state index is 12.8. The van der Waals surface area contributed by atoms with Gasteiger partial charge >= 0.3 is 0 Å². The van der Waals surface area contributed by atoms with Crippen molar-refractivity contribution in [3.05, 3.63) is 41.0 Å². The Hall–Kier alpha value is -1.89. The van der Waals surface area contributed by atoms with Gasteiger partial charge < -0.3 is 19.9 Å². The molecule has 2 aliphatic rings. The van der Waals surface area contributed by atoms with Crippen molar-refractivity contribution in [3.63, 3.8) is 0 Å². The number of nitrogens with zero attached hydrogens (tertiary/aromatic N) is 2. The maximum absolute atomic E-state index is 12.8. The SMILES string of the molecule is NC1CCCOC1C1CCN(C(=O)c2cc(-c3ccc(Cl)cc3)on2)CC1. The average Bonchev–Trinajstić information content (AvgIpc) is 3.19. The summed E-state index contributed by atoms with van der Waals surface area (Å²) in [5.74, 6) is 0.893. The smallest absolute Gasteiger partial charge is 0.276 e. The summed E-state index contributed by atoms with van der Waals surface area (Å²) in [5, 5.41) is 4.62. The number of amides is 1. The molecule has 144 valence electrons. The number of likely N-dealkylation sites (tertiary alicyclic amines) is 1. The van der Waals surface area contributed by atoms with E-state index in [1.54, 1.807) is 18.2 Å². The number of carbonyl (C=O) groups excluding carboxylic acids is 1. The molecule has 0 spiro atoms. The van der Waals surface area contributed by atoms with Crippen LogP contribution in [0.15, 0.2) is 34.9 Å². The first-order chi connectivity index (χ1) is 13.1. The minimum Gasteiger partial charge on any atom is -0.376 e. The van der Waals surface area contributed by atoms with Crippen molar-refractivity contribution < 1.29 is 14.1 Å². The molecule has 27 heavy (non-hydrogen) atoms. The van der Waals surface area contributed by atoms with Gasteiger partial charge in [-0.25, -0.2) is 0 Å². The van der Waals surface area contributed by atoms with Gasteiger partial charge in [0, 0.05) is 42.4 Å². The number of hydrogen-bond donors (Lipinski definition) is 1. The first-order valence-corrected chi connectivity index (χ1v) is 9.89. The molecule has 1 aromatic carbocycles. The molecule has 2 unspecified atom stereocenters. The van der Waals surface area contributed by atoms with Crippen LogP contribution in [-0.4, -0.2) is 47.8 Å². The molecule has 2 N–H and O–H groups in total. The van der Waals surface area contributed by atoms with Gasteiger partial charge in [0.15, 0.2) is 11.5 Å². The Morgan fingerprint density at radius 1 is 1.19 bits per heavy atom. The van der Waals surface area contributed by atoms with Gasteiger partial charge in [-0.2, -0.15) is 0 Å². The average molecular weight is 390 g/mol. The van der Waals surface area contributed by atoms with Crippen molar-refractivity contribution in [2.75, 3.05) is 19.7 Å². The second kappa shape index (κ2) is 8.00. The summed E-state index contributed by atoms with van der Waals surface area (Å²) in [5.41, 5.74) is 7.40. The van der Waals surface area contributed by atoms with Crippen LogP contribution in [-0.2, 0) is 4.74 Å².